The maximum absolute atomic E-state index is 13.4. The van der Waals surface area contributed by atoms with Gasteiger partial charge in [0.05, 0.1) is 0 Å². The summed E-state index contributed by atoms with van der Waals surface area (Å²) in [5.41, 5.74) is 6.99. The first-order valence-corrected chi connectivity index (χ1v) is 7.55. The van der Waals surface area contributed by atoms with E-state index in [2.05, 4.69) is 23.9 Å². The Labute approximate surface area is 125 Å². The molecule has 0 saturated carbocycles. The van der Waals surface area contributed by atoms with Crippen molar-refractivity contribution in [3.05, 3.63) is 29.6 Å². The predicted molar refractivity (Wildman–Crippen MR) is 83.3 cm³/mol. The van der Waals surface area contributed by atoms with Gasteiger partial charge >= 0.3 is 0 Å². The Kier molecular flexibility index (Phi) is 5.04. The number of nitrogens with zero attached hydrogens (tertiary/aromatic N) is 2. The Balaban J connectivity index is 2.25. The first-order chi connectivity index (χ1) is 10.0. The van der Waals surface area contributed by atoms with Crippen molar-refractivity contribution in [2.45, 2.75) is 33.1 Å². The number of benzene rings is 1. The highest BCUT2D eigenvalue weighted by atomic mass is 19.1. The van der Waals surface area contributed by atoms with Gasteiger partial charge in [-0.1, -0.05) is 19.0 Å². The molecule has 0 bridgehead atoms. The van der Waals surface area contributed by atoms with E-state index in [9.17, 15) is 4.39 Å². The summed E-state index contributed by atoms with van der Waals surface area (Å²) in [6.07, 6.45) is 3.44. The standard InChI is InChI=1S/C16H24FN3O/c1-11(2)12-4-3-8-20(9-7-12)15-6-5-13(17)10-14(15)16(18)19-21/h5-6,10-12,21H,3-4,7-9H2,1-2H3,(H2,18,19). The quantitative estimate of drug-likeness (QED) is 0.389. The minimum atomic E-state index is -0.379. The van der Waals surface area contributed by atoms with E-state index in [1.165, 1.54) is 18.6 Å². The number of amidine groups is 1. The average Bonchev–Trinajstić information content (AvgIpc) is 2.72. The van der Waals surface area contributed by atoms with Crippen LogP contribution in [0.3, 0.4) is 0 Å². The van der Waals surface area contributed by atoms with Crippen LogP contribution in [0.2, 0.25) is 0 Å². The number of halogens is 1. The first-order valence-electron chi connectivity index (χ1n) is 7.55. The number of oxime groups is 1. The molecule has 2 rings (SSSR count). The smallest absolute Gasteiger partial charge is 0.172 e. The zero-order chi connectivity index (χ0) is 15.4. The Morgan fingerprint density at radius 1 is 1.38 bits per heavy atom. The van der Waals surface area contributed by atoms with Crippen LogP contribution in [0, 0.1) is 17.7 Å². The molecule has 5 heteroatoms. The van der Waals surface area contributed by atoms with E-state index in [1.54, 1.807) is 6.07 Å². The van der Waals surface area contributed by atoms with Gasteiger partial charge in [0.2, 0.25) is 0 Å². The van der Waals surface area contributed by atoms with Gasteiger partial charge in [0.1, 0.15) is 5.82 Å². The molecule has 1 atom stereocenters. The van der Waals surface area contributed by atoms with Crippen molar-refractivity contribution in [2.24, 2.45) is 22.7 Å². The maximum atomic E-state index is 13.4. The van der Waals surface area contributed by atoms with E-state index in [0.29, 0.717) is 11.5 Å². The van der Waals surface area contributed by atoms with Gasteiger partial charge in [0, 0.05) is 24.3 Å². The molecule has 1 aliphatic heterocycles. The van der Waals surface area contributed by atoms with Crippen LogP contribution in [0.5, 0.6) is 0 Å². The Bertz CT molecular complexity index is 516. The van der Waals surface area contributed by atoms with E-state index < -0.39 is 0 Å². The zero-order valence-electron chi connectivity index (χ0n) is 12.7. The molecular formula is C16H24FN3O. The van der Waals surface area contributed by atoms with Crippen LogP contribution in [-0.2, 0) is 0 Å². The number of nitrogens with two attached hydrogens (primary N) is 1. The van der Waals surface area contributed by atoms with E-state index in [-0.39, 0.29) is 11.7 Å². The Hall–Kier alpha value is -1.78. The molecule has 1 aliphatic rings. The van der Waals surface area contributed by atoms with Gasteiger partial charge in [0.15, 0.2) is 5.84 Å². The summed E-state index contributed by atoms with van der Waals surface area (Å²) in [5.74, 6) is 0.980. The lowest BCUT2D eigenvalue weighted by Gasteiger charge is -2.25. The monoisotopic (exact) mass is 293 g/mol. The van der Waals surface area contributed by atoms with Gasteiger partial charge in [-0.05, 0) is 49.3 Å². The summed E-state index contributed by atoms with van der Waals surface area (Å²) in [6.45, 7) is 6.36. The summed E-state index contributed by atoms with van der Waals surface area (Å²) in [7, 11) is 0. The van der Waals surface area contributed by atoms with Crippen LogP contribution < -0.4 is 10.6 Å². The maximum Gasteiger partial charge on any atom is 0.172 e. The lowest BCUT2D eigenvalue weighted by molar-refractivity contribution is 0.318. The lowest BCUT2D eigenvalue weighted by atomic mass is 9.89. The van der Waals surface area contributed by atoms with Crippen molar-refractivity contribution in [1.82, 2.24) is 0 Å². The first kappa shape index (κ1) is 15.6. The summed E-state index contributed by atoms with van der Waals surface area (Å²) in [5, 5.41) is 11.9. The number of hydrogen-bond donors (Lipinski definition) is 2. The van der Waals surface area contributed by atoms with Gasteiger partial charge in [-0.25, -0.2) is 4.39 Å². The fraction of sp³-hybridized carbons (Fsp3) is 0.562. The van der Waals surface area contributed by atoms with Crippen LogP contribution in [0.25, 0.3) is 0 Å². The van der Waals surface area contributed by atoms with Crippen molar-refractivity contribution in [1.29, 1.82) is 0 Å². The molecule has 1 saturated heterocycles. The summed E-state index contributed by atoms with van der Waals surface area (Å²) < 4.78 is 13.4. The molecule has 3 N–H and O–H groups in total. The lowest BCUT2D eigenvalue weighted by Crippen LogP contribution is -2.28. The van der Waals surface area contributed by atoms with E-state index in [0.717, 1.165) is 37.5 Å². The summed E-state index contributed by atoms with van der Waals surface area (Å²) >= 11 is 0. The molecule has 4 nitrogen and oxygen atoms in total. The van der Waals surface area contributed by atoms with Crippen molar-refractivity contribution in [2.75, 3.05) is 18.0 Å². The largest absolute Gasteiger partial charge is 0.409 e. The Morgan fingerprint density at radius 2 is 2.14 bits per heavy atom. The average molecular weight is 293 g/mol. The SMILES string of the molecule is CC(C)C1CCCN(c2ccc(F)cc2C(N)=NO)CC1. The summed E-state index contributed by atoms with van der Waals surface area (Å²) in [4.78, 5) is 2.22. The Morgan fingerprint density at radius 3 is 2.81 bits per heavy atom. The molecule has 0 aromatic heterocycles. The third kappa shape index (κ3) is 3.65. The molecule has 0 aliphatic carbocycles. The van der Waals surface area contributed by atoms with Crippen LogP contribution in [0.1, 0.15) is 38.7 Å². The van der Waals surface area contributed by atoms with Gasteiger partial charge in [-0.15, -0.1) is 0 Å². The zero-order valence-corrected chi connectivity index (χ0v) is 12.7. The second-order valence-corrected chi connectivity index (χ2v) is 6.07. The van der Waals surface area contributed by atoms with Crippen LogP contribution >= 0.6 is 0 Å². The highest BCUT2D eigenvalue weighted by molar-refractivity contribution is 6.02. The number of rotatable bonds is 3. The third-order valence-corrected chi connectivity index (χ3v) is 4.40. The van der Waals surface area contributed by atoms with Gasteiger partial charge in [-0.3, -0.25) is 0 Å². The van der Waals surface area contributed by atoms with Gasteiger partial charge in [0.25, 0.3) is 0 Å². The molecule has 21 heavy (non-hydrogen) atoms. The van der Waals surface area contributed by atoms with Crippen LogP contribution in [-0.4, -0.2) is 24.1 Å². The topological polar surface area (TPSA) is 61.8 Å². The van der Waals surface area contributed by atoms with Crippen molar-refractivity contribution in [3.63, 3.8) is 0 Å². The van der Waals surface area contributed by atoms with E-state index in [1.807, 2.05) is 0 Å². The molecule has 116 valence electrons. The summed E-state index contributed by atoms with van der Waals surface area (Å²) in [6, 6.07) is 4.47. The van der Waals surface area contributed by atoms with Crippen molar-refractivity contribution in [3.8, 4) is 0 Å². The minimum absolute atomic E-state index is 0.0471. The molecule has 1 fully saturated rings. The third-order valence-electron chi connectivity index (χ3n) is 4.40. The molecule has 1 unspecified atom stereocenters. The van der Waals surface area contributed by atoms with E-state index in [4.69, 9.17) is 10.9 Å². The van der Waals surface area contributed by atoms with Crippen LogP contribution in [0.4, 0.5) is 10.1 Å². The normalized spacial score (nSPS) is 20.7. The molecule has 1 aromatic carbocycles. The van der Waals surface area contributed by atoms with Crippen LogP contribution in [0.15, 0.2) is 23.4 Å². The molecule has 0 radical (unpaired) electrons. The van der Waals surface area contributed by atoms with Gasteiger partial charge < -0.3 is 15.8 Å². The van der Waals surface area contributed by atoms with Crippen molar-refractivity contribution >= 4 is 11.5 Å². The number of hydrogen-bond acceptors (Lipinski definition) is 3. The molecular weight excluding hydrogens is 269 g/mol. The minimum Gasteiger partial charge on any atom is -0.409 e. The molecule has 1 aromatic rings. The highest BCUT2D eigenvalue weighted by Gasteiger charge is 2.22. The predicted octanol–water partition coefficient (Wildman–Crippen LogP) is 3.18. The second-order valence-electron chi connectivity index (χ2n) is 6.07. The molecule has 0 amide bonds. The molecule has 1 heterocycles. The second kappa shape index (κ2) is 6.78. The van der Waals surface area contributed by atoms with E-state index >= 15 is 0 Å². The fourth-order valence-electron chi connectivity index (χ4n) is 3.07. The fourth-order valence-corrected chi connectivity index (χ4v) is 3.07. The molecule has 0 spiro atoms. The van der Waals surface area contributed by atoms with Crippen molar-refractivity contribution < 1.29 is 9.60 Å². The van der Waals surface area contributed by atoms with Gasteiger partial charge in [-0.2, -0.15) is 0 Å². The number of anilines is 1. The highest BCUT2D eigenvalue weighted by Crippen LogP contribution is 2.29.